The van der Waals surface area contributed by atoms with Gasteiger partial charge in [0.05, 0.1) is 0 Å². The molecule has 0 bridgehead atoms. The van der Waals surface area contributed by atoms with E-state index in [1.165, 1.54) is 0 Å². The smallest absolute Gasteiger partial charge is 0.127 e. The van der Waals surface area contributed by atoms with Crippen LogP contribution < -0.4 is 5.32 Å². The van der Waals surface area contributed by atoms with Gasteiger partial charge in [-0.2, -0.15) is 0 Å². The Kier molecular flexibility index (Phi) is 4.04. The van der Waals surface area contributed by atoms with Gasteiger partial charge in [-0.05, 0) is 18.6 Å². The molecule has 0 saturated carbocycles. The van der Waals surface area contributed by atoms with Gasteiger partial charge < -0.3 is 10.4 Å². The van der Waals surface area contributed by atoms with Crippen LogP contribution >= 0.6 is 15.9 Å². The molecule has 4 heteroatoms. The minimum atomic E-state index is 0.209. The van der Waals surface area contributed by atoms with Crippen molar-refractivity contribution >= 4 is 21.7 Å². The van der Waals surface area contributed by atoms with Gasteiger partial charge in [-0.3, -0.25) is 0 Å². The first-order chi connectivity index (χ1) is 5.83. The topological polar surface area (TPSA) is 45.1 Å². The number of hydrogen-bond donors (Lipinski definition) is 2. The van der Waals surface area contributed by atoms with Crippen molar-refractivity contribution in [2.45, 2.75) is 6.42 Å². The van der Waals surface area contributed by atoms with E-state index in [9.17, 15) is 0 Å². The van der Waals surface area contributed by atoms with E-state index in [2.05, 4.69) is 26.2 Å². The summed E-state index contributed by atoms with van der Waals surface area (Å²) in [6.07, 6.45) is 2.47. The Morgan fingerprint density at radius 1 is 1.58 bits per heavy atom. The second-order valence-electron chi connectivity index (χ2n) is 2.36. The lowest BCUT2D eigenvalue weighted by molar-refractivity contribution is 0.292. The third kappa shape index (κ3) is 3.19. The number of aromatic nitrogens is 1. The third-order valence-electron chi connectivity index (χ3n) is 1.36. The molecule has 1 heterocycles. The predicted molar refractivity (Wildman–Crippen MR) is 52.1 cm³/mol. The van der Waals surface area contributed by atoms with Gasteiger partial charge in [0.2, 0.25) is 0 Å². The fraction of sp³-hybridized carbons (Fsp3) is 0.375. The Labute approximate surface area is 80.0 Å². The van der Waals surface area contributed by atoms with Gasteiger partial charge in [0, 0.05) is 23.8 Å². The molecule has 3 nitrogen and oxygen atoms in total. The molecule has 1 aromatic rings. The van der Waals surface area contributed by atoms with Crippen molar-refractivity contribution in [1.82, 2.24) is 4.98 Å². The van der Waals surface area contributed by atoms with Crippen LogP contribution in [0.15, 0.2) is 22.8 Å². The molecule has 0 aliphatic heterocycles. The summed E-state index contributed by atoms with van der Waals surface area (Å²) in [6.45, 7) is 0.959. The van der Waals surface area contributed by atoms with Crippen LogP contribution in [-0.4, -0.2) is 23.2 Å². The van der Waals surface area contributed by atoms with Crippen LogP contribution in [0.4, 0.5) is 5.82 Å². The maximum atomic E-state index is 8.53. The van der Waals surface area contributed by atoms with Crippen LogP contribution in [-0.2, 0) is 0 Å². The van der Waals surface area contributed by atoms with E-state index in [1.54, 1.807) is 6.20 Å². The first-order valence-electron chi connectivity index (χ1n) is 3.79. The number of aliphatic hydroxyl groups excluding tert-OH is 1. The second kappa shape index (κ2) is 5.11. The average Bonchev–Trinajstić information content (AvgIpc) is 2.05. The maximum absolute atomic E-state index is 8.53. The van der Waals surface area contributed by atoms with Crippen molar-refractivity contribution < 1.29 is 5.11 Å². The zero-order valence-corrected chi connectivity index (χ0v) is 8.21. The highest BCUT2D eigenvalue weighted by Crippen LogP contribution is 2.12. The summed E-state index contributed by atoms with van der Waals surface area (Å²) in [6, 6.07) is 3.77. The summed E-state index contributed by atoms with van der Waals surface area (Å²) in [5.74, 6) is 0.831. The fourth-order valence-corrected chi connectivity index (χ4v) is 1.13. The lowest BCUT2D eigenvalue weighted by atomic mass is 10.4. The molecule has 0 spiro atoms. The lowest BCUT2D eigenvalue weighted by Gasteiger charge is -2.03. The predicted octanol–water partition coefficient (Wildman–Crippen LogP) is 1.64. The van der Waals surface area contributed by atoms with Crippen LogP contribution in [0.3, 0.4) is 0 Å². The zero-order valence-electron chi connectivity index (χ0n) is 6.63. The standard InChI is InChI=1S/C8H11BrN2O/c9-7-2-4-11-8(6-7)10-3-1-5-12/h2,4,6,12H,1,3,5H2,(H,10,11). The highest BCUT2D eigenvalue weighted by molar-refractivity contribution is 9.10. The van der Waals surface area contributed by atoms with Crippen LogP contribution in [0.5, 0.6) is 0 Å². The van der Waals surface area contributed by atoms with Gasteiger partial charge in [-0.25, -0.2) is 4.98 Å². The van der Waals surface area contributed by atoms with E-state index in [4.69, 9.17) is 5.11 Å². The molecule has 1 aromatic heterocycles. The molecular weight excluding hydrogens is 220 g/mol. The molecule has 0 fully saturated rings. The van der Waals surface area contributed by atoms with Crippen LogP contribution in [0, 0.1) is 0 Å². The molecule has 12 heavy (non-hydrogen) atoms. The average molecular weight is 231 g/mol. The fourth-order valence-electron chi connectivity index (χ4n) is 0.797. The van der Waals surface area contributed by atoms with Crippen molar-refractivity contribution in [2.24, 2.45) is 0 Å². The largest absolute Gasteiger partial charge is 0.396 e. The van der Waals surface area contributed by atoms with Crippen molar-refractivity contribution in [3.63, 3.8) is 0 Å². The number of halogens is 1. The molecule has 0 aromatic carbocycles. The monoisotopic (exact) mass is 230 g/mol. The Hall–Kier alpha value is -0.610. The van der Waals surface area contributed by atoms with E-state index in [-0.39, 0.29) is 6.61 Å². The van der Waals surface area contributed by atoms with E-state index in [1.807, 2.05) is 12.1 Å². The summed E-state index contributed by atoms with van der Waals surface area (Å²) in [5.41, 5.74) is 0. The molecule has 0 aliphatic carbocycles. The Morgan fingerprint density at radius 2 is 2.42 bits per heavy atom. The minimum absolute atomic E-state index is 0.209. The molecule has 66 valence electrons. The van der Waals surface area contributed by atoms with Gasteiger partial charge in [-0.15, -0.1) is 0 Å². The van der Waals surface area contributed by atoms with E-state index >= 15 is 0 Å². The number of pyridine rings is 1. The minimum Gasteiger partial charge on any atom is -0.396 e. The number of nitrogens with zero attached hydrogens (tertiary/aromatic N) is 1. The number of nitrogens with one attached hydrogen (secondary N) is 1. The summed E-state index contributed by atoms with van der Waals surface area (Å²) < 4.78 is 1.00. The lowest BCUT2D eigenvalue weighted by Crippen LogP contribution is -2.04. The van der Waals surface area contributed by atoms with Crippen molar-refractivity contribution in [2.75, 3.05) is 18.5 Å². The molecule has 1 rings (SSSR count). The molecule has 0 amide bonds. The zero-order chi connectivity index (χ0) is 8.81. The van der Waals surface area contributed by atoms with Gasteiger partial charge in [0.15, 0.2) is 0 Å². The highest BCUT2D eigenvalue weighted by atomic mass is 79.9. The summed E-state index contributed by atoms with van der Waals surface area (Å²) in [4.78, 5) is 4.09. The molecule has 0 aliphatic rings. The van der Waals surface area contributed by atoms with Crippen molar-refractivity contribution in [3.8, 4) is 0 Å². The van der Waals surface area contributed by atoms with Gasteiger partial charge in [-0.1, -0.05) is 15.9 Å². The second-order valence-corrected chi connectivity index (χ2v) is 3.28. The molecular formula is C8H11BrN2O. The Morgan fingerprint density at radius 3 is 3.08 bits per heavy atom. The molecule has 0 saturated heterocycles. The number of anilines is 1. The highest BCUT2D eigenvalue weighted by Gasteiger charge is 1.92. The van der Waals surface area contributed by atoms with Crippen molar-refractivity contribution in [1.29, 1.82) is 0 Å². The van der Waals surface area contributed by atoms with Crippen molar-refractivity contribution in [3.05, 3.63) is 22.8 Å². The number of aliphatic hydroxyl groups is 1. The SMILES string of the molecule is OCCCNc1cc(Br)ccn1. The van der Waals surface area contributed by atoms with E-state index in [0.29, 0.717) is 0 Å². The maximum Gasteiger partial charge on any atom is 0.127 e. The summed E-state index contributed by atoms with van der Waals surface area (Å²) in [5, 5.41) is 11.6. The molecule has 2 N–H and O–H groups in total. The van der Waals surface area contributed by atoms with E-state index < -0.39 is 0 Å². The van der Waals surface area contributed by atoms with Crippen LogP contribution in [0.2, 0.25) is 0 Å². The summed E-state index contributed by atoms with van der Waals surface area (Å²) in [7, 11) is 0. The van der Waals surface area contributed by atoms with Gasteiger partial charge in [0.25, 0.3) is 0 Å². The van der Waals surface area contributed by atoms with Gasteiger partial charge >= 0.3 is 0 Å². The van der Waals surface area contributed by atoms with Crippen LogP contribution in [0.25, 0.3) is 0 Å². The molecule has 0 atom stereocenters. The van der Waals surface area contributed by atoms with Crippen LogP contribution in [0.1, 0.15) is 6.42 Å². The molecule has 0 radical (unpaired) electrons. The molecule has 0 unspecified atom stereocenters. The normalized spacial score (nSPS) is 9.83. The quantitative estimate of drug-likeness (QED) is 0.774. The number of hydrogen-bond acceptors (Lipinski definition) is 3. The Bertz CT molecular complexity index is 242. The first-order valence-corrected chi connectivity index (χ1v) is 4.58. The first kappa shape index (κ1) is 9.48. The Balaban J connectivity index is 2.41. The number of rotatable bonds is 4. The van der Waals surface area contributed by atoms with E-state index in [0.717, 1.165) is 23.3 Å². The third-order valence-corrected chi connectivity index (χ3v) is 1.86. The summed E-state index contributed by atoms with van der Waals surface area (Å²) >= 11 is 3.34. The van der Waals surface area contributed by atoms with Gasteiger partial charge in [0.1, 0.15) is 5.82 Å².